The quantitative estimate of drug-likeness (QED) is 0.738. The molecule has 0 unspecified atom stereocenters. The summed E-state index contributed by atoms with van der Waals surface area (Å²) in [4.78, 5) is 14.9. The van der Waals surface area contributed by atoms with Crippen LogP contribution in [-0.4, -0.2) is 37.3 Å². The molecule has 0 aliphatic carbocycles. The van der Waals surface area contributed by atoms with E-state index in [1.54, 1.807) is 24.7 Å². The van der Waals surface area contributed by atoms with E-state index >= 15 is 0 Å². The lowest BCUT2D eigenvalue weighted by molar-refractivity contribution is 0.102. The summed E-state index contributed by atoms with van der Waals surface area (Å²) < 4.78 is 10.5. The number of rotatable bonds is 4. The van der Waals surface area contributed by atoms with Gasteiger partial charge in [-0.15, -0.1) is 0 Å². The Balaban J connectivity index is 1.55. The van der Waals surface area contributed by atoms with Crippen LogP contribution in [0.1, 0.15) is 10.4 Å². The van der Waals surface area contributed by atoms with Gasteiger partial charge < -0.3 is 24.5 Å². The second-order valence-electron chi connectivity index (χ2n) is 6.35. The van der Waals surface area contributed by atoms with Crippen molar-refractivity contribution in [3.8, 4) is 16.9 Å². The number of hydrogen-bond donors (Lipinski definition) is 2. The summed E-state index contributed by atoms with van der Waals surface area (Å²) in [7, 11) is 0. The van der Waals surface area contributed by atoms with Gasteiger partial charge in [-0.05, 0) is 42.0 Å². The molecule has 138 valence electrons. The zero-order valence-electron chi connectivity index (χ0n) is 14.7. The highest BCUT2D eigenvalue weighted by molar-refractivity contribution is 6.07. The molecule has 1 aliphatic rings. The fourth-order valence-electron chi connectivity index (χ4n) is 3.13. The highest BCUT2D eigenvalue weighted by Gasteiger charge is 2.17. The highest BCUT2D eigenvalue weighted by atomic mass is 16.5. The fraction of sp³-hybridized carbons (Fsp3) is 0.190. The summed E-state index contributed by atoms with van der Waals surface area (Å²) in [5, 5.41) is 13.0. The number of carbonyl (C=O) groups is 1. The molecule has 0 bridgehead atoms. The number of phenolic OH excluding ortho intramolecular Hbond substituents is 1. The van der Waals surface area contributed by atoms with Crippen molar-refractivity contribution >= 4 is 17.3 Å². The van der Waals surface area contributed by atoms with Crippen LogP contribution >= 0.6 is 0 Å². The molecule has 6 heteroatoms. The molecule has 0 spiro atoms. The van der Waals surface area contributed by atoms with Crippen molar-refractivity contribution < 1.29 is 19.1 Å². The van der Waals surface area contributed by atoms with E-state index in [9.17, 15) is 9.90 Å². The largest absolute Gasteiger partial charge is 0.507 e. The number of carbonyl (C=O) groups excluding carboxylic acids is 1. The van der Waals surface area contributed by atoms with Crippen molar-refractivity contribution in [1.82, 2.24) is 0 Å². The number of morpholine rings is 1. The Kier molecular flexibility index (Phi) is 4.80. The van der Waals surface area contributed by atoms with Gasteiger partial charge in [0, 0.05) is 30.0 Å². The first-order chi connectivity index (χ1) is 13.2. The van der Waals surface area contributed by atoms with E-state index in [-0.39, 0.29) is 17.2 Å². The molecular formula is C21H20N2O4. The van der Waals surface area contributed by atoms with Crippen molar-refractivity contribution in [3.63, 3.8) is 0 Å². The Hall–Kier alpha value is -3.25. The van der Waals surface area contributed by atoms with Crippen molar-refractivity contribution in [3.05, 3.63) is 66.6 Å². The second-order valence-corrected chi connectivity index (χ2v) is 6.35. The first kappa shape index (κ1) is 17.2. The van der Waals surface area contributed by atoms with Gasteiger partial charge in [-0.3, -0.25) is 4.79 Å². The third kappa shape index (κ3) is 3.80. The average molecular weight is 364 g/mol. The summed E-state index contributed by atoms with van der Waals surface area (Å²) in [5.74, 6) is -0.401. The van der Waals surface area contributed by atoms with Crippen molar-refractivity contribution in [2.75, 3.05) is 36.5 Å². The van der Waals surface area contributed by atoms with E-state index in [0.29, 0.717) is 18.9 Å². The number of anilines is 2. The monoisotopic (exact) mass is 364 g/mol. The van der Waals surface area contributed by atoms with Gasteiger partial charge in [-0.25, -0.2) is 0 Å². The summed E-state index contributed by atoms with van der Waals surface area (Å²) in [6.45, 7) is 2.84. The number of hydrogen-bond acceptors (Lipinski definition) is 5. The Morgan fingerprint density at radius 2 is 1.89 bits per heavy atom. The minimum atomic E-state index is -0.355. The molecule has 1 saturated heterocycles. The highest BCUT2D eigenvalue weighted by Crippen LogP contribution is 2.27. The predicted molar refractivity (Wildman–Crippen MR) is 103 cm³/mol. The van der Waals surface area contributed by atoms with Crippen molar-refractivity contribution in [1.29, 1.82) is 0 Å². The third-order valence-corrected chi connectivity index (χ3v) is 4.58. The maximum atomic E-state index is 12.7. The number of phenols is 1. The molecular weight excluding hydrogens is 344 g/mol. The Labute approximate surface area is 157 Å². The maximum absolute atomic E-state index is 12.7. The first-order valence-electron chi connectivity index (χ1n) is 8.80. The SMILES string of the molecule is O=C(Nc1cccc(-c2ccoc2)c1)c1cc(N2CCOCC2)ccc1O. The van der Waals surface area contributed by atoms with E-state index in [4.69, 9.17) is 9.15 Å². The normalized spacial score (nSPS) is 14.1. The first-order valence-corrected chi connectivity index (χ1v) is 8.80. The maximum Gasteiger partial charge on any atom is 0.259 e. The molecule has 1 amide bonds. The molecule has 6 nitrogen and oxygen atoms in total. The smallest absolute Gasteiger partial charge is 0.259 e. The molecule has 2 N–H and O–H groups in total. The van der Waals surface area contributed by atoms with E-state index in [1.165, 1.54) is 0 Å². The zero-order valence-corrected chi connectivity index (χ0v) is 14.7. The van der Waals surface area contributed by atoms with Crippen molar-refractivity contribution in [2.24, 2.45) is 0 Å². The van der Waals surface area contributed by atoms with Crippen LogP contribution in [0.5, 0.6) is 5.75 Å². The van der Waals surface area contributed by atoms with Crippen molar-refractivity contribution in [2.45, 2.75) is 0 Å². The van der Waals surface area contributed by atoms with E-state index in [0.717, 1.165) is 29.9 Å². The van der Waals surface area contributed by atoms with E-state index in [2.05, 4.69) is 10.2 Å². The lowest BCUT2D eigenvalue weighted by Gasteiger charge is -2.29. The number of nitrogens with one attached hydrogen (secondary N) is 1. The number of ether oxygens (including phenoxy) is 1. The lowest BCUT2D eigenvalue weighted by atomic mass is 10.1. The number of furan rings is 1. The van der Waals surface area contributed by atoms with E-state index in [1.807, 2.05) is 36.4 Å². The molecule has 0 saturated carbocycles. The third-order valence-electron chi connectivity index (χ3n) is 4.58. The van der Waals surface area contributed by atoms with Gasteiger partial charge >= 0.3 is 0 Å². The van der Waals surface area contributed by atoms with Gasteiger partial charge in [-0.2, -0.15) is 0 Å². The molecule has 27 heavy (non-hydrogen) atoms. The molecule has 1 fully saturated rings. The lowest BCUT2D eigenvalue weighted by Crippen LogP contribution is -2.36. The minimum Gasteiger partial charge on any atom is -0.507 e. The number of benzene rings is 2. The summed E-state index contributed by atoms with van der Waals surface area (Å²) >= 11 is 0. The Morgan fingerprint density at radius 3 is 2.67 bits per heavy atom. The molecule has 0 radical (unpaired) electrons. The Morgan fingerprint density at radius 1 is 1.04 bits per heavy atom. The van der Waals surface area contributed by atoms with Gasteiger partial charge in [0.1, 0.15) is 5.75 Å². The number of aromatic hydroxyl groups is 1. The molecule has 0 atom stereocenters. The topological polar surface area (TPSA) is 74.9 Å². The molecule has 3 aromatic rings. The van der Waals surface area contributed by atoms with Crippen LogP contribution in [0.15, 0.2) is 65.5 Å². The van der Waals surface area contributed by atoms with Crippen LogP contribution in [0.3, 0.4) is 0 Å². The number of amides is 1. The van der Waals surface area contributed by atoms with Crippen LogP contribution in [0.4, 0.5) is 11.4 Å². The average Bonchev–Trinajstić information content (AvgIpc) is 3.24. The summed E-state index contributed by atoms with van der Waals surface area (Å²) in [6, 6.07) is 14.4. The minimum absolute atomic E-state index is 0.0458. The van der Waals surface area contributed by atoms with Gasteiger partial charge in [0.25, 0.3) is 5.91 Å². The van der Waals surface area contributed by atoms with Crippen LogP contribution in [0.2, 0.25) is 0 Å². The van der Waals surface area contributed by atoms with Crippen LogP contribution in [0, 0.1) is 0 Å². The van der Waals surface area contributed by atoms with Crippen LogP contribution < -0.4 is 10.2 Å². The number of nitrogens with zero attached hydrogens (tertiary/aromatic N) is 1. The van der Waals surface area contributed by atoms with Gasteiger partial charge in [-0.1, -0.05) is 12.1 Å². The summed E-state index contributed by atoms with van der Waals surface area (Å²) in [6.07, 6.45) is 3.26. The van der Waals surface area contributed by atoms with E-state index < -0.39 is 0 Å². The van der Waals surface area contributed by atoms with Gasteiger partial charge in [0.15, 0.2) is 0 Å². The summed E-state index contributed by atoms with van der Waals surface area (Å²) in [5.41, 5.74) is 3.66. The van der Waals surface area contributed by atoms with Gasteiger partial charge in [0.05, 0.1) is 31.3 Å². The molecule has 4 rings (SSSR count). The van der Waals surface area contributed by atoms with Crippen LogP contribution in [-0.2, 0) is 4.74 Å². The van der Waals surface area contributed by atoms with Gasteiger partial charge in [0.2, 0.25) is 0 Å². The van der Waals surface area contributed by atoms with Crippen LogP contribution in [0.25, 0.3) is 11.1 Å². The fourth-order valence-corrected chi connectivity index (χ4v) is 3.13. The zero-order chi connectivity index (χ0) is 18.6. The molecule has 1 aliphatic heterocycles. The second kappa shape index (κ2) is 7.55. The standard InChI is InChI=1S/C21H20N2O4/c24-20-5-4-18(23-7-10-26-11-8-23)13-19(20)21(25)22-17-3-1-2-15(12-17)16-6-9-27-14-16/h1-6,9,12-14,24H,7-8,10-11H2,(H,22,25). The molecule has 1 aromatic heterocycles. The Bertz CT molecular complexity index is 931. The molecule has 2 aromatic carbocycles. The predicted octanol–water partition coefficient (Wildman–Crippen LogP) is 3.74. The molecule has 2 heterocycles.